The Bertz CT molecular complexity index is 76.4. The Labute approximate surface area is 127 Å². The molecule has 0 amide bonds. The largest absolute Gasteiger partial charge is 2.00 e. The number of halogens is 2. The summed E-state index contributed by atoms with van der Waals surface area (Å²) in [7, 11) is 0. The molecule has 17 heavy (non-hydrogen) atoms. The molecule has 0 fully saturated rings. The summed E-state index contributed by atoms with van der Waals surface area (Å²) in [6, 6.07) is 0. The summed E-state index contributed by atoms with van der Waals surface area (Å²) in [5.74, 6) is 0. The van der Waals surface area contributed by atoms with Crippen molar-refractivity contribution in [3.05, 3.63) is 0 Å². The van der Waals surface area contributed by atoms with E-state index in [4.69, 9.17) is 22.9 Å². The van der Waals surface area contributed by atoms with Crippen molar-refractivity contribution in [2.75, 3.05) is 52.4 Å². The molecule has 0 heterocycles. The van der Waals surface area contributed by atoms with E-state index >= 15 is 0 Å². The molecule has 0 radical (unpaired) electrons. The SMILES string of the molecule is NCCNCCN.NCCNCCN.[Cl-].[Cl-].[Ni+2]. The third-order valence-corrected chi connectivity index (χ3v) is 1.28. The zero-order chi connectivity index (χ0) is 11.1. The van der Waals surface area contributed by atoms with E-state index in [2.05, 4.69) is 10.6 Å². The molecule has 0 aromatic heterocycles. The molecule has 0 aliphatic carbocycles. The number of hydrogen-bond donors (Lipinski definition) is 6. The number of hydrogen-bond acceptors (Lipinski definition) is 6. The quantitative estimate of drug-likeness (QED) is 0.193. The first-order chi connectivity index (χ1) is 6.83. The molecule has 0 saturated heterocycles. The maximum atomic E-state index is 5.17. The van der Waals surface area contributed by atoms with Crippen LogP contribution in [0.5, 0.6) is 0 Å². The summed E-state index contributed by atoms with van der Waals surface area (Å²) in [5, 5.41) is 6.07. The van der Waals surface area contributed by atoms with Gasteiger partial charge in [-0.3, -0.25) is 0 Å². The molecule has 112 valence electrons. The van der Waals surface area contributed by atoms with Gasteiger partial charge in [-0.25, -0.2) is 0 Å². The van der Waals surface area contributed by atoms with Crippen molar-refractivity contribution in [2.24, 2.45) is 22.9 Å². The standard InChI is InChI=1S/2C4H13N3.2ClH.Ni/c2*5-1-3-7-4-2-6;;;/h2*7H,1-6H2;2*1H;/q;;;;+2/p-2. The van der Waals surface area contributed by atoms with Crippen LogP contribution in [0.15, 0.2) is 0 Å². The maximum absolute atomic E-state index is 5.17. The summed E-state index contributed by atoms with van der Waals surface area (Å²) in [4.78, 5) is 0. The molecule has 0 spiro atoms. The van der Waals surface area contributed by atoms with E-state index in [0.29, 0.717) is 26.2 Å². The van der Waals surface area contributed by atoms with Crippen LogP contribution >= 0.6 is 0 Å². The van der Waals surface area contributed by atoms with Gasteiger partial charge in [0.25, 0.3) is 0 Å². The molecule has 0 aliphatic rings. The third-order valence-electron chi connectivity index (χ3n) is 1.28. The minimum absolute atomic E-state index is 0. The number of nitrogens with two attached hydrogens (primary N) is 4. The molecular formula is C8H26Cl2N6Ni. The van der Waals surface area contributed by atoms with E-state index in [-0.39, 0.29) is 41.3 Å². The molecule has 6 nitrogen and oxygen atoms in total. The smallest absolute Gasteiger partial charge is 1.00 e. The van der Waals surface area contributed by atoms with Crippen LogP contribution in [-0.4, -0.2) is 52.4 Å². The fraction of sp³-hybridized carbons (Fsp3) is 1.00. The van der Waals surface area contributed by atoms with Crippen LogP contribution in [0.4, 0.5) is 0 Å². The molecule has 10 N–H and O–H groups in total. The second kappa shape index (κ2) is 36.0. The number of rotatable bonds is 8. The van der Waals surface area contributed by atoms with Crippen LogP contribution in [-0.2, 0) is 16.5 Å². The summed E-state index contributed by atoms with van der Waals surface area (Å²) >= 11 is 0. The average molecular weight is 336 g/mol. The molecular weight excluding hydrogens is 310 g/mol. The minimum atomic E-state index is 0. The van der Waals surface area contributed by atoms with E-state index < -0.39 is 0 Å². The van der Waals surface area contributed by atoms with Crippen LogP contribution in [0.3, 0.4) is 0 Å². The van der Waals surface area contributed by atoms with Crippen molar-refractivity contribution in [1.82, 2.24) is 10.6 Å². The van der Waals surface area contributed by atoms with Crippen LogP contribution in [0.1, 0.15) is 0 Å². The average Bonchev–Trinajstić information content (AvgIpc) is 2.21. The van der Waals surface area contributed by atoms with E-state index in [9.17, 15) is 0 Å². The summed E-state index contributed by atoms with van der Waals surface area (Å²) in [6.07, 6.45) is 0. The van der Waals surface area contributed by atoms with Crippen LogP contribution in [0.25, 0.3) is 0 Å². The Morgan fingerprint density at radius 1 is 0.529 bits per heavy atom. The Hall–Kier alpha value is 0.834. The monoisotopic (exact) mass is 334 g/mol. The normalized spacial score (nSPS) is 7.76. The van der Waals surface area contributed by atoms with E-state index in [0.717, 1.165) is 26.2 Å². The van der Waals surface area contributed by atoms with Gasteiger partial charge >= 0.3 is 16.5 Å². The van der Waals surface area contributed by atoms with Gasteiger partial charge in [0.15, 0.2) is 0 Å². The van der Waals surface area contributed by atoms with Gasteiger partial charge in [-0.15, -0.1) is 0 Å². The second-order valence-corrected chi connectivity index (χ2v) is 2.65. The van der Waals surface area contributed by atoms with Crippen molar-refractivity contribution in [3.8, 4) is 0 Å². The van der Waals surface area contributed by atoms with Crippen LogP contribution in [0.2, 0.25) is 0 Å². The van der Waals surface area contributed by atoms with Crippen LogP contribution < -0.4 is 58.4 Å². The first-order valence-electron chi connectivity index (χ1n) is 5.05. The Morgan fingerprint density at radius 2 is 0.706 bits per heavy atom. The first kappa shape index (κ1) is 30.7. The molecule has 0 unspecified atom stereocenters. The Morgan fingerprint density at radius 3 is 0.824 bits per heavy atom. The van der Waals surface area contributed by atoms with Crippen molar-refractivity contribution in [2.45, 2.75) is 0 Å². The van der Waals surface area contributed by atoms with E-state index in [1.807, 2.05) is 0 Å². The molecule has 0 saturated carbocycles. The molecule has 0 aromatic rings. The second-order valence-electron chi connectivity index (χ2n) is 2.65. The topological polar surface area (TPSA) is 128 Å². The minimum Gasteiger partial charge on any atom is -1.00 e. The summed E-state index contributed by atoms with van der Waals surface area (Å²) in [5.41, 5.74) is 20.7. The van der Waals surface area contributed by atoms with Gasteiger partial charge in [-0.2, -0.15) is 0 Å². The van der Waals surface area contributed by atoms with Crippen molar-refractivity contribution in [3.63, 3.8) is 0 Å². The Balaban J connectivity index is -0.0000000480. The zero-order valence-electron chi connectivity index (χ0n) is 10.0. The van der Waals surface area contributed by atoms with Crippen molar-refractivity contribution in [1.29, 1.82) is 0 Å². The number of nitrogens with one attached hydrogen (secondary N) is 2. The van der Waals surface area contributed by atoms with Gasteiger partial charge in [0.2, 0.25) is 0 Å². The Kier molecular flexibility index (Phi) is 64.9. The predicted molar refractivity (Wildman–Crippen MR) is 62.0 cm³/mol. The van der Waals surface area contributed by atoms with Gasteiger partial charge in [0.05, 0.1) is 0 Å². The molecule has 0 bridgehead atoms. The zero-order valence-corrected chi connectivity index (χ0v) is 12.5. The van der Waals surface area contributed by atoms with Gasteiger partial charge in [-0.05, 0) is 0 Å². The van der Waals surface area contributed by atoms with Gasteiger partial charge in [0, 0.05) is 52.4 Å². The molecule has 0 aliphatic heterocycles. The first-order valence-corrected chi connectivity index (χ1v) is 5.05. The molecule has 9 heteroatoms. The third kappa shape index (κ3) is 47.5. The van der Waals surface area contributed by atoms with Crippen molar-refractivity contribution >= 4 is 0 Å². The van der Waals surface area contributed by atoms with E-state index in [1.54, 1.807) is 0 Å². The van der Waals surface area contributed by atoms with Crippen LogP contribution in [0, 0.1) is 0 Å². The van der Waals surface area contributed by atoms with Crippen molar-refractivity contribution < 1.29 is 41.3 Å². The summed E-state index contributed by atoms with van der Waals surface area (Å²) < 4.78 is 0. The fourth-order valence-corrected chi connectivity index (χ4v) is 0.658. The van der Waals surface area contributed by atoms with E-state index in [1.165, 1.54) is 0 Å². The van der Waals surface area contributed by atoms with Gasteiger partial charge in [-0.1, -0.05) is 0 Å². The van der Waals surface area contributed by atoms with Gasteiger partial charge in [0.1, 0.15) is 0 Å². The predicted octanol–water partition coefficient (Wildman–Crippen LogP) is -9.01. The van der Waals surface area contributed by atoms with Gasteiger partial charge < -0.3 is 58.4 Å². The summed E-state index contributed by atoms with van der Waals surface area (Å²) in [6.45, 7) is 6.27. The molecule has 0 rings (SSSR count). The fourth-order valence-electron chi connectivity index (χ4n) is 0.658. The maximum Gasteiger partial charge on any atom is 2.00 e. The molecule has 0 aromatic carbocycles. The molecule has 0 atom stereocenters.